The zero-order valence-corrected chi connectivity index (χ0v) is 22.4. The minimum atomic E-state index is -1.09. The molecule has 3 aromatic heterocycles. The maximum atomic E-state index is 12.6. The molecule has 1 aromatic carbocycles. The molecule has 3 heterocycles. The van der Waals surface area contributed by atoms with Gasteiger partial charge >= 0.3 is 5.97 Å². The highest BCUT2D eigenvalue weighted by Crippen LogP contribution is 2.27. The third-order valence-corrected chi connectivity index (χ3v) is 7.12. The molecule has 0 radical (unpaired) electrons. The number of aliphatic carboxylic acids is 1. The van der Waals surface area contributed by atoms with E-state index >= 15 is 0 Å². The predicted octanol–water partition coefficient (Wildman–Crippen LogP) is 3.49. The van der Waals surface area contributed by atoms with Crippen LogP contribution in [0.1, 0.15) is 46.6 Å². The highest BCUT2D eigenvalue weighted by molar-refractivity contribution is 7.13. The van der Waals surface area contributed by atoms with Crippen LogP contribution in [-0.4, -0.2) is 47.8 Å². The lowest BCUT2D eigenvalue weighted by Crippen LogP contribution is -2.34. The molecule has 0 fully saturated rings. The van der Waals surface area contributed by atoms with Crippen molar-refractivity contribution in [2.45, 2.75) is 52.2 Å². The Balaban J connectivity index is 1.40. The van der Waals surface area contributed by atoms with Crippen LogP contribution in [0.5, 0.6) is 0 Å². The molecule has 0 saturated heterocycles. The SMILES string of the molecule is Cc1cc(-c2ccnc(Nc3cnn(C[C@@H](N)C(=O)O)c3)n2)ccc1CNC(=O)c1cnc(C(C)(C)C)s1. The molecule has 5 N–H and O–H groups in total. The first-order chi connectivity index (χ1) is 18.0. The topological polar surface area (TPSA) is 161 Å². The van der Waals surface area contributed by atoms with Crippen molar-refractivity contribution in [3.63, 3.8) is 0 Å². The largest absolute Gasteiger partial charge is 0.480 e. The minimum absolute atomic E-state index is 0.0478. The Kier molecular flexibility index (Phi) is 7.83. The summed E-state index contributed by atoms with van der Waals surface area (Å²) in [5.74, 6) is -0.858. The minimum Gasteiger partial charge on any atom is -0.480 e. The van der Waals surface area contributed by atoms with E-state index in [-0.39, 0.29) is 17.9 Å². The van der Waals surface area contributed by atoms with Gasteiger partial charge in [0.1, 0.15) is 10.9 Å². The Bertz CT molecular complexity index is 1460. The second kappa shape index (κ2) is 11.1. The van der Waals surface area contributed by atoms with Crippen molar-refractivity contribution in [3.05, 3.63) is 70.1 Å². The molecule has 0 unspecified atom stereocenters. The van der Waals surface area contributed by atoms with Gasteiger partial charge in [-0.3, -0.25) is 14.3 Å². The Hall–Kier alpha value is -4.16. The van der Waals surface area contributed by atoms with E-state index in [1.54, 1.807) is 24.8 Å². The molecule has 11 nitrogen and oxygen atoms in total. The molecule has 38 heavy (non-hydrogen) atoms. The molecular formula is C26H30N8O3S. The number of nitrogens with two attached hydrogens (primary N) is 1. The summed E-state index contributed by atoms with van der Waals surface area (Å²) < 4.78 is 1.45. The lowest BCUT2D eigenvalue weighted by Gasteiger charge is -2.13. The average Bonchev–Trinajstić information content (AvgIpc) is 3.53. The number of carboxylic acids is 1. The molecule has 198 valence electrons. The molecule has 4 rings (SSSR count). The van der Waals surface area contributed by atoms with E-state index in [1.165, 1.54) is 16.0 Å². The van der Waals surface area contributed by atoms with E-state index < -0.39 is 12.0 Å². The number of nitrogens with one attached hydrogen (secondary N) is 2. The first-order valence-corrected chi connectivity index (χ1v) is 12.8. The van der Waals surface area contributed by atoms with E-state index in [0.717, 1.165) is 27.4 Å². The summed E-state index contributed by atoms with van der Waals surface area (Å²) in [6.07, 6.45) is 6.48. The van der Waals surface area contributed by atoms with Gasteiger partial charge in [0.05, 0.1) is 35.3 Å². The van der Waals surface area contributed by atoms with E-state index in [4.69, 9.17) is 10.8 Å². The van der Waals surface area contributed by atoms with Crippen LogP contribution in [-0.2, 0) is 23.3 Å². The number of benzene rings is 1. The van der Waals surface area contributed by atoms with Gasteiger partial charge in [0.2, 0.25) is 5.95 Å². The maximum Gasteiger partial charge on any atom is 0.322 e. The van der Waals surface area contributed by atoms with Crippen molar-refractivity contribution in [2.75, 3.05) is 5.32 Å². The molecule has 0 aliphatic rings. The van der Waals surface area contributed by atoms with Gasteiger partial charge in [-0.05, 0) is 30.2 Å². The number of hydrogen-bond acceptors (Lipinski definition) is 9. The second-order valence-corrected chi connectivity index (χ2v) is 10.9. The monoisotopic (exact) mass is 534 g/mol. The number of thiazole rings is 1. The van der Waals surface area contributed by atoms with Crippen LogP contribution in [0, 0.1) is 6.92 Å². The first-order valence-electron chi connectivity index (χ1n) is 11.9. The molecule has 12 heteroatoms. The van der Waals surface area contributed by atoms with Crippen molar-refractivity contribution in [3.8, 4) is 11.3 Å². The van der Waals surface area contributed by atoms with Crippen LogP contribution < -0.4 is 16.4 Å². The first kappa shape index (κ1) is 26.9. The Labute approximate surface area is 224 Å². The van der Waals surface area contributed by atoms with Crippen molar-refractivity contribution in [1.82, 2.24) is 30.0 Å². The number of carbonyl (C=O) groups excluding carboxylic acids is 1. The number of nitrogens with zero attached hydrogens (tertiary/aromatic N) is 5. The average molecular weight is 535 g/mol. The third kappa shape index (κ3) is 6.58. The van der Waals surface area contributed by atoms with Crippen LogP contribution in [0.25, 0.3) is 11.3 Å². The van der Waals surface area contributed by atoms with E-state index in [9.17, 15) is 9.59 Å². The van der Waals surface area contributed by atoms with Gasteiger partial charge in [0.25, 0.3) is 5.91 Å². The number of rotatable bonds is 9. The van der Waals surface area contributed by atoms with Gasteiger partial charge in [-0.15, -0.1) is 11.3 Å². The summed E-state index contributed by atoms with van der Waals surface area (Å²) in [5, 5.41) is 20.1. The highest BCUT2D eigenvalue weighted by atomic mass is 32.1. The number of aryl methyl sites for hydroxylation is 1. The summed E-state index contributed by atoms with van der Waals surface area (Å²) in [7, 11) is 0. The van der Waals surface area contributed by atoms with Crippen LogP contribution >= 0.6 is 11.3 Å². The van der Waals surface area contributed by atoms with Gasteiger partial charge in [0, 0.05) is 29.9 Å². The van der Waals surface area contributed by atoms with Crippen LogP contribution in [0.15, 0.2) is 49.1 Å². The quantitative estimate of drug-likeness (QED) is 0.252. The molecular weight excluding hydrogens is 504 g/mol. The predicted molar refractivity (Wildman–Crippen MR) is 145 cm³/mol. The molecule has 0 aliphatic heterocycles. The normalized spacial score (nSPS) is 12.2. The summed E-state index contributed by atoms with van der Waals surface area (Å²) >= 11 is 1.42. The smallest absolute Gasteiger partial charge is 0.322 e. The van der Waals surface area contributed by atoms with E-state index in [1.807, 2.05) is 31.2 Å². The number of aromatic nitrogens is 5. The van der Waals surface area contributed by atoms with E-state index in [0.29, 0.717) is 23.1 Å². The Morgan fingerprint density at radius 3 is 2.66 bits per heavy atom. The van der Waals surface area contributed by atoms with Crippen LogP contribution in [0.3, 0.4) is 0 Å². The fraction of sp³-hybridized carbons (Fsp3) is 0.308. The van der Waals surface area contributed by atoms with Crippen molar-refractivity contribution >= 4 is 34.8 Å². The van der Waals surface area contributed by atoms with Crippen molar-refractivity contribution < 1.29 is 14.7 Å². The van der Waals surface area contributed by atoms with Crippen LogP contribution in [0.2, 0.25) is 0 Å². The number of amides is 1. The number of hydrogen-bond donors (Lipinski definition) is 4. The van der Waals surface area contributed by atoms with Gasteiger partial charge in [-0.1, -0.05) is 32.9 Å². The molecule has 0 spiro atoms. The molecule has 0 aliphatic carbocycles. The number of carboxylic acid groups (broad SMARTS) is 1. The lowest BCUT2D eigenvalue weighted by atomic mass is 9.98. The lowest BCUT2D eigenvalue weighted by molar-refractivity contribution is -0.138. The highest BCUT2D eigenvalue weighted by Gasteiger charge is 2.20. The fourth-order valence-corrected chi connectivity index (χ4v) is 4.45. The maximum absolute atomic E-state index is 12.6. The van der Waals surface area contributed by atoms with Gasteiger partial charge in [-0.25, -0.2) is 15.0 Å². The summed E-state index contributed by atoms with van der Waals surface area (Å²) in [4.78, 5) is 37.4. The molecule has 0 bridgehead atoms. The standard InChI is InChI=1S/C26H30N8O3S/c1-15-9-16(5-6-17(15)10-29-22(35)21-12-30-24(38-21)26(2,3)4)20-7-8-28-25(33-20)32-18-11-31-34(13-18)14-19(27)23(36)37/h5-9,11-13,19H,10,14,27H2,1-4H3,(H,29,35)(H,36,37)(H,28,32,33)/t19-/m1/s1. The Morgan fingerprint density at radius 2 is 1.97 bits per heavy atom. The zero-order chi connectivity index (χ0) is 27.4. The van der Waals surface area contributed by atoms with Crippen molar-refractivity contribution in [1.29, 1.82) is 0 Å². The summed E-state index contributed by atoms with van der Waals surface area (Å²) in [6.45, 7) is 8.66. The van der Waals surface area contributed by atoms with Gasteiger partial charge in [0.15, 0.2) is 0 Å². The number of carbonyl (C=O) groups is 2. The van der Waals surface area contributed by atoms with Gasteiger partial charge in [-0.2, -0.15) is 5.10 Å². The number of anilines is 2. The summed E-state index contributed by atoms with van der Waals surface area (Å²) in [5.41, 5.74) is 9.73. The second-order valence-electron chi connectivity index (χ2n) is 9.89. The molecule has 0 saturated carbocycles. The molecule has 4 aromatic rings. The van der Waals surface area contributed by atoms with Crippen LogP contribution in [0.4, 0.5) is 11.6 Å². The van der Waals surface area contributed by atoms with E-state index in [2.05, 4.69) is 51.5 Å². The fourth-order valence-electron chi connectivity index (χ4n) is 3.56. The zero-order valence-electron chi connectivity index (χ0n) is 21.6. The summed E-state index contributed by atoms with van der Waals surface area (Å²) in [6, 6.07) is 6.71. The molecule has 1 amide bonds. The Morgan fingerprint density at radius 1 is 1.18 bits per heavy atom. The molecule has 1 atom stereocenters. The third-order valence-electron chi connectivity index (χ3n) is 5.69. The van der Waals surface area contributed by atoms with Gasteiger partial charge < -0.3 is 21.5 Å². The van der Waals surface area contributed by atoms with Crippen molar-refractivity contribution in [2.24, 2.45) is 5.73 Å².